The Hall–Kier alpha value is -4.18. The van der Waals surface area contributed by atoms with Gasteiger partial charge in [-0.2, -0.15) is 15.0 Å². The van der Waals surface area contributed by atoms with E-state index in [4.69, 9.17) is 4.74 Å². The molecule has 0 radical (unpaired) electrons. The van der Waals surface area contributed by atoms with Crippen molar-refractivity contribution < 1.29 is 9.53 Å². The third-order valence-corrected chi connectivity index (χ3v) is 5.58. The van der Waals surface area contributed by atoms with E-state index in [2.05, 4.69) is 48.3 Å². The van der Waals surface area contributed by atoms with Crippen LogP contribution in [0.2, 0.25) is 0 Å². The Morgan fingerprint density at radius 1 is 1.15 bits per heavy atom. The number of fused-ring (bicyclic) bond motifs is 1. The zero-order valence-electron chi connectivity index (χ0n) is 20.0. The molecule has 0 saturated heterocycles. The fraction of sp³-hybridized carbons (Fsp3) is 0.259. The summed E-state index contributed by atoms with van der Waals surface area (Å²) in [5.74, 6) is 1.05. The van der Waals surface area contributed by atoms with E-state index in [1.807, 2.05) is 56.3 Å². The van der Waals surface area contributed by atoms with Crippen LogP contribution in [0.5, 0.6) is 5.75 Å². The number of hydrogen-bond donors (Lipinski definition) is 1. The van der Waals surface area contributed by atoms with Gasteiger partial charge in [0, 0.05) is 5.39 Å². The predicted molar refractivity (Wildman–Crippen MR) is 132 cm³/mol. The third-order valence-electron chi connectivity index (χ3n) is 5.58. The molecule has 34 heavy (non-hydrogen) atoms. The molecule has 4 aromatic rings. The van der Waals surface area contributed by atoms with Gasteiger partial charge in [-0.25, -0.2) is 4.98 Å². The second-order valence-electron chi connectivity index (χ2n) is 9.33. The highest BCUT2D eigenvalue weighted by atomic mass is 16.5. The highest BCUT2D eigenvalue weighted by molar-refractivity contribution is 5.92. The van der Waals surface area contributed by atoms with Gasteiger partial charge in [0.15, 0.2) is 18.2 Å². The van der Waals surface area contributed by atoms with Crippen molar-refractivity contribution in [2.24, 2.45) is 0 Å². The van der Waals surface area contributed by atoms with Crippen molar-refractivity contribution in [2.75, 3.05) is 11.9 Å². The highest BCUT2D eigenvalue weighted by Crippen LogP contribution is 2.32. The summed E-state index contributed by atoms with van der Waals surface area (Å²) in [5.41, 5.74) is 4.09. The molecule has 2 heterocycles. The summed E-state index contributed by atoms with van der Waals surface area (Å²) < 4.78 is 7.36. The first kappa shape index (κ1) is 23.0. The summed E-state index contributed by atoms with van der Waals surface area (Å²) in [6, 6.07) is 17.7. The number of nitriles is 1. The van der Waals surface area contributed by atoms with Gasteiger partial charge in [-0.1, -0.05) is 56.7 Å². The second kappa shape index (κ2) is 8.99. The van der Waals surface area contributed by atoms with E-state index in [1.165, 1.54) is 10.9 Å². The summed E-state index contributed by atoms with van der Waals surface area (Å²) in [6.45, 7) is 10.1. The number of amides is 1. The Balaban J connectivity index is 1.60. The largest absolute Gasteiger partial charge is 0.483 e. The van der Waals surface area contributed by atoms with Crippen molar-refractivity contribution in [3.8, 4) is 17.6 Å². The maximum atomic E-state index is 12.8. The molecular formula is C27H27N5O2. The van der Waals surface area contributed by atoms with Crippen molar-refractivity contribution in [1.82, 2.24) is 14.8 Å². The average Bonchev–Trinajstić information content (AvgIpc) is 3.20. The Kier molecular flexibility index (Phi) is 6.08. The summed E-state index contributed by atoms with van der Waals surface area (Å²) in [7, 11) is 0. The maximum absolute atomic E-state index is 12.8. The molecule has 0 aliphatic heterocycles. The normalized spacial score (nSPS) is 11.3. The van der Waals surface area contributed by atoms with E-state index in [0.717, 1.165) is 27.6 Å². The van der Waals surface area contributed by atoms with E-state index in [1.54, 1.807) is 0 Å². The van der Waals surface area contributed by atoms with Gasteiger partial charge < -0.3 is 10.1 Å². The number of para-hydroxylation sites is 1. The zero-order valence-corrected chi connectivity index (χ0v) is 20.0. The van der Waals surface area contributed by atoms with Crippen LogP contribution in [0, 0.1) is 25.2 Å². The van der Waals surface area contributed by atoms with Crippen molar-refractivity contribution in [3.63, 3.8) is 0 Å². The van der Waals surface area contributed by atoms with Crippen LogP contribution >= 0.6 is 0 Å². The van der Waals surface area contributed by atoms with Gasteiger partial charge in [-0.15, -0.1) is 0 Å². The lowest BCUT2D eigenvalue weighted by atomic mass is 9.85. The van der Waals surface area contributed by atoms with Crippen molar-refractivity contribution >= 4 is 22.6 Å². The number of nitrogens with zero attached hydrogens (tertiary/aromatic N) is 4. The molecule has 7 nitrogen and oxygen atoms in total. The van der Waals surface area contributed by atoms with Crippen LogP contribution in [0.25, 0.3) is 16.7 Å². The van der Waals surface area contributed by atoms with Crippen molar-refractivity contribution in [2.45, 2.75) is 40.0 Å². The van der Waals surface area contributed by atoms with Crippen LogP contribution in [-0.4, -0.2) is 27.3 Å². The minimum atomic E-state index is -0.392. The Labute approximate surface area is 199 Å². The van der Waals surface area contributed by atoms with Crippen LogP contribution in [-0.2, 0) is 10.2 Å². The number of aromatic nitrogens is 3. The molecule has 0 unspecified atom stereocenters. The fourth-order valence-electron chi connectivity index (χ4n) is 3.83. The molecule has 2 aromatic carbocycles. The Bertz CT molecular complexity index is 1420. The smallest absolute Gasteiger partial charge is 0.263 e. The predicted octanol–water partition coefficient (Wildman–Crippen LogP) is 5.22. The van der Waals surface area contributed by atoms with Crippen LogP contribution in [0.4, 0.5) is 5.82 Å². The molecule has 0 saturated carbocycles. The quantitative estimate of drug-likeness (QED) is 0.447. The molecule has 0 atom stereocenters. The molecule has 2 aromatic heterocycles. The van der Waals surface area contributed by atoms with Crippen LogP contribution in [0.3, 0.4) is 0 Å². The standard InChI is InChI=1S/C27H27N5O2/c1-17-10-11-23(21(12-17)27(3,4)5)34-16-25(33)31-26-19(14-28)15-29-32(26)24-13-18(2)20-8-6-7-9-22(20)30-24/h6-13,15H,16H2,1-5H3,(H,31,33). The molecule has 1 amide bonds. The number of pyridine rings is 1. The van der Waals surface area contributed by atoms with E-state index in [0.29, 0.717) is 11.6 Å². The number of ether oxygens (including phenoxy) is 1. The van der Waals surface area contributed by atoms with Crippen LogP contribution < -0.4 is 10.1 Å². The Morgan fingerprint density at radius 2 is 1.91 bits per heavy atom. The van der Waals surface area contributed by atoms with Gasteiger partial charge in [0.25, 0.3) is 5.91 Å². The fourth-order valence-corrected chi connectivity index (χ4v) is 3.83. The SMILES string of the molecule is Cc1ccc(OCC(=O)Nc2c(C#N)cnn2-c2cc(C)c3ccccc3n2)c(C(C)(C)C)c1. The maximum Gasteiger partial charge on any atom is 0.263 e. The van der Waals surface area contributed by atoms with Gasteiger partial charge in [0.1, 0.15) is 17.4 Å². The molecule has 0 aliphatic carbocycles. The first-order valence-electron chi connectivity index (χ1n) is 11.1. The number of carbonyl (C=O) groups is 1. The molecule has 0 bridgehead atoms. The molecule has 0 spiro atoms. The molecule has 4 rings (SSSR count). The average molecular weight is 454 g/mol. The van der Waals surface area contributed by atoms with Gasteiger partial charge >= 0.3 is 0 Å². The van der Waals surface area contributed by atoms with Gasteiger partial charge in [-0.3, -0.25) is 4.79 Å². The lowest BCUT2D eigenvalue weighted by Gasteiger charge is -2.23. The molecule has 1 N–H and O–H groups in total. The monoisotopic (exact) mass is 453 g/mol. The van der Waals surface area contributed by atoms with Crippen LogP contribution in [0.15, 0.2) is 54.7 Å². The molecule has 0 fully saturated rings. The van der Waals surface area contributed by atoms with E-state index in [-0.39, 0.29) is 23.4 Å². The molecule has 0 aliphatic rings. The van der Waals surface area contributed by atoms with Crippen molar-refractivity contribution in [3.05, 3.63) is 77.0 Å². The lowest BCUT2D eigenvalue weighted by molar-refractivity contribution is -0.118. The minimum absolute atomic E-state index is 0.135. The third kappa shape index (κ3) is 4.62. The summed E-state index contributed by atoms with van der Waals surface area (Å²) in [6.07, 6.45) is 1.42. The van der Waals surface area contributed by atoms with Gasteiger partial charge in [-0.05, 0) is 48.6 Å². The topological polar surface area (TPSA) is 92.8 Å². The number of aryl methyl sites for hydroxylation is 2. The summed E-state index contributed by atoms with van der Waals surface area (Å²) in [4.78, 5) is 17.5. The first-order chi connectivity index (χ1) is 16.2. The molecule has 7 heteroatoms. The number of anilines is 1. The summed E-state index contributed by atoms with van der Waals surface area (Å²) in [5, 5.41) is 17.7. The lowest BCUT2D eigenvalue weighted by Crippen LogP contribution is -2.24. The van der Waals surface area contributed by atoms with Gasteiger partial charge in [0.2, 0.25) is 0 Å². The van der Waals surface area contributed by atoms with Crippen LogP contribution in [0.1, 0.15) is 43.0 Å². The Morgan fingerprint density at radius 3 is 2.65 bits per heavy atom. The van der Waals surface area contributed by atoms with Crippen molar-refractivity contribution in [1.29, 1.82) is 5.26 Å². The number of nitrogens with one attached hydrogen (secondary N) is 1. The zero-order chi connectivity index (χ0) is 24.5. The van der Waals surface area contributed by atoms with E-state index in [9.17, 15) is 10.1 Å². The summed E-state index contributed by atoms with van der Waals surface area (Å²) >= 11 is 0. The van der Waals surface area contributed by atoms with E-state index < -0.39 is 5.91 Å². The number of carbonyl (C=O) groups excluding carboxylic acids is 1. The molecular weight excluding hydrogens is 426 g/mol. The number of rotatable bonds is 5. The van der Waals surface area contributed by atoms with Gasteiger partial charge in [0.05, 0.1) is 11.7 Å². The number of benzene rings is 2. The highest BCUT2D eigenvalue weighted by Gasteiger charge is 2.21. The number of hydrogen-bond acceptors (Lipinski definition) is 5. The minimum Gasteiger partial charge on any atom is -0.483 e. The second-order valence-corrected chi connectivity index (χ2v) is 9.33. The van der Waals surface area contributed by atoms with E-state index >= 15 is 0 Å². The first-order valence-corrected chi connectivity index (χ1v) is 11.1. The molecule has 172 valence electrons.